The third-order valence-electron chi connectivity index (χ3n) is 17.2. The quantitative estimate of drug-likeness (QED) is 0.0619. The number of rotatable bonds is 7. The number of carboxylic acid groups (broad SMARTS) is 1. The Balaban J connectivity index is 1.07. The summed E-state index contributed by atoms with van der Waals surface area (Å²) in [6.45, 7) is -1.75. The fourth-order valence-corrected chi connectivity index (χ4v) is 12.8. The Kier molecular flexibility index (Phi) is 14.0. The van der Waals surface area contributed by atoms with Gasteiger partial charge in [-0.05, 0) is 36.4 Å². The number of cyclic esters (lactones) is 3. The number of aromatic hydroxyl groups is 18. The van der Waals surface area contributed by atoms with Crippen molar-refractivity contribution in [3.05, 3.63) is 110 Å². The van der Waals surface area contributed by atoms with Gasteiger partial charge in [-0.25, -0.2) is 24.0 Å². The molecule has 36 nitrogen and oxygen atoms in total. The number of carbonyl (C=O) groups is 7. The van der Waals surface area contributed by atoms with Crippen LogP contribution in [0.4, 0.5) is 0 Å². The van der Waals surface area contributed by atoms with E-state index in [1.54, 1.807) is 0 Å². The second-order valence-electron chi connectivity index (χ2n) is 22.7. The van der Waals surface area contributed by atoms with Gasteiger partial charge < -0.3 is 145 Å². The van der Waals surface area contributed by atoms with Gasteiger partial charge in [0.1, 0.15) is 35.3 Å². The van der Waals surface area contributed by atoms with E-state index in [1.807, 2.05) is 0 Å². The fourth-order valence-electron chi connectivity index (χ4n) is 12.8. The van der Waals surface area contributed by atoms with Crippen molar-refractivity contribution in [2.45, 2.75) is 54.6 Å². The Hall–Kier alpha value is -13.7. The van der Waals surface area contributed by atoms with Crippen LogP contribution in [0.2, 0.25) is 0 Å². The Morgan fingerprint density at radius 1 is 0.510 bits per heavy atom. The van der Waals surface area contributed by atoms with Crippen molar-refractivity contribution < 1.29 is 179 Å². The zero-order valence-corrected chi connectivity index (χ0v) is 48.2. The highest BCUT2D eigenvalue weighted by molar-refractivity contribution is 6.21. The van der Waals surface area contributed by atoms with Crippen molar-refractivity contribution in [2.24, 2.45) is 5.92 Å². The van der Waals surface area contributed by atoms with Crippen molar-refractivity contribution in [1.82, 2.24) is 0 Å². The number of phenols is 18. The standard InChI is InChI=1S/C62H42O36/c63-19-10-28-34(50-14(19)5-27(71)49(94-50)12-1-20(64)38(72)21(65)2-12)36-53-54(97-60(89)16-7-25(69)41(75)45(79)33(16)35-37(61(90)96-53)62(36,98-28)55(83)47(35)81)52-30(93-57(86)13-3-22(66)39(73)23(67)4-13)11-91-58(87)17-9-29(92-51-18(56(84)85)8-26(70)42(76)48(51)82)43(77)46(80)32(17)31-15(59(88)95-52)6-24(68)40(74)44(31)78/h1-4,6-10,27,30,36-37,49,52-54,63-82H,5,11H2,(H,84,85)/t27-,30+,36-,37+,49+,52+,53-,54-,62+/m0/s1. The molecule has 1 aliphatic carbocycles. The molecule has 7 aromatic carbocycles. The first-order valence-corrected chi connectivity index (χ1v) is 27.9. The van der Waals surface area contributed by atoms with Crippen molar-refractivity contribution in [3.63, 3.8) is 0 Å². The van der Waals surface area contributed by atoms with E-state index in [-0.39, 0.29) is 11.6 Å². The molecule has 0 radical (unpaired) electrons. The number of phenolic OH excluding ortho intramolecular Hbond substituents is 18. The fraction of sp³-hybridized carbons (Fsp3) is 0.177. The van der Waals surface area contributed by atoms with Gasteiger partial charge in [-0.15, -0.1) is 0 Å². The maximum atomic E-state index is 15.7. The van der Waals surface area contributed by atoms with Gasteiger partial charge in [0.05, 0.1) is 34.3 Å². The normalized spacial score (nSPS) is 22.7. The van der Waals surface area contributed by atoms with Crippen molar-refractivity contribution in [2.75, 3.05) is 6.61 Å². The average Bonchev–Trinajstić information content (AvgIpc) is 1.48. The molecule has 5 heterocycles. The summed E-state index contributed by atoms with van der Waals surface area (Å²) in [6, 6.07) is 4.51. The number of ketones is 1. The van der Waals surface area contributed by atoms with Crippen LogP contribution in [0.5, 0.6) is 126 Å². The van der Waals surface area contributed by atoms with Crippen LogP contribution in [0.3, 0.4) is 0 Å². The van der Waals surface area contributed by atoms with E-state index in [9.17, 15) is 117 Å². The first-order chi connectivity index (χ1) is 46.2. The van der Waals surface area contributed by atoms with E-state index in [0.29, 0.717) is 30.3 Å². The van der Waals surface area contributed by atoms with Gasteiger partial charge in [0.15, 0.2) is 117 Å². The van der Waals surface area contributed by atoms with Gasteiger partial charge >= 0.3 is 35.8 Å². The van der Waals surface area contributed by atoms with Crippen LogP contribution < -0.4 is 14.2 Å². The number of carboxylic acids is 1. The van der Waals surface area contributed by atoms with Crippen LogP contribution in [0, 0.1) is 5.92 Å². The summed E-state index contributed by atoms with van der Waals surface area (Å²) in [6.07, 6.45) is -16.0. The second kappa shape index (κ2) is 21.7. The number of esters is 5. The van der Waals surface area contributed by atoms with E-state index in [4.69, 9.17) is 37.9 Å². The summed E-state index contributed by atoms with van der Waals surface area (Å²) in [5.41, 5.74) is -15.8. The van der Waals surface area contributed by atoms with E-state index in [0.717, 1.165) is 18.2 Å². The molecule has 9 atom stereocenters. The minimum Gasteiger partial charge on any atom is -0.507 e. The molecule has 13 rings (SSSR count). The van der Waals surface area contributed by atoms with E-state index >= 15 is 24.0 Å². The smallest absolute Gasteiger partial charge is 0.339 e. The second-order valence-corrected chi connectivity index (χ2v) is 22.7. The third-order valence-corrected chi connectivity index (χ3v) is 17.2. The van der Waals surface area contributed by atoms with Gasteiger partial charge in [0.25, 0.3) is 0 Å². The predicted molar refractivity (Wildman–Crippen MR) is 306 cm³/mol. The molecule has 0 saturated carbocycles. The van der Waals surface area contributed by atoms with Crippen LogP contribution in [0.25, 0.3) is 16.7 Å². The lowest BCUT2D eigenvalue weighted by Gasteiger charge is -2.47. The van der Waals surface area contributed by atoms with Crippen molar-refractivity contribution >= 4 is 47.2 Å². The van der Waals surface area contributed by atoms with Gasteiger partial charge in [0, 0.05) is 63.6 Å². The molecule has 1 fully saturated rings. The number of ether oxygens (including phenoxy) is 8. The van der Waals surface area contributed by atoms with Gasteiger partial charge in [-0.2, -0.15) is 0 Å². The molecular weight excluding hydrogens is 1320 g/mol. The maximum Gasteiger partial charge on any atom is 0.339 e. The Bertz CT molecular complexity index is 4850. The van der Waals surface area contributed by atoms with Gasteiger partial charge in [0.2, 0.25) is 40.1 Å². The molecule has 36 heteroatoms. The number of carbonyl (C=O) groups excluding carboxylic acids is 6. The third kappa shape index (κ3) is 8.97. The topological polar surface area (TPSA) is 618 Å². The lowest BCUT2D eigenvalue weighted by molar-refractivity contribution is -0.200. The summed E-state index contributed by atoms with van der Waals surface area (Å²) in [4.78, 5) is 104. The summed E-state index contributed by atoms with van der Waals surface area (Å²) in [7, 11) is 0. The molecule has 5 aliphatic heterocycles. The van der Waals surface area contributed by atoms with Crippen LogP contribution in [0.1, 0.15) is 86.1 Å². The molecule has 21 N–H and O–H groups in total. The first kappa shape index (κ1) is 63.1. The predicted octanol–water partition coefficient (Wildman–Crippen LogP) is 3.05. The van der Waals surface area contributed by atoms with Gasteiger partial charge in [-0.3, -0.25) is 9.59 Å². The molecule has 0 unspecified atom stereocenters. The highest BCUT2D eigenvalue weighted by Gasteiger charge is 2.76. The Morgan fingerprint density at radius 2 is 1.03 bits per heavy atom. The minimum absolute atomic E-state index is 0.230. The summed E-state index contributed by atoms with van der Waals surface area (Å²) >= 11 is 0. The zero-order chi connectivity index (χ0) is 70.8. The SMILES string of the molecule is O=C(O[C@@H]1COC(=O)c2cc(Oc3c(C(=O)O)cc(O)c(O)c3O)c(O)c(O)c2-c2c(cc(O)c(O)c2O)C(=O)O[C@H]1[C@@H]1OC(=O)c2cc(O)c(O)c(O)c2C2=C(O)C(=O)[C@@]34Oc5cc(O)c6c(c5[C@H]3[C@@H]1OC(=O)[C@@H]24)O[C@H](c1cc(O)c(O)c(O)c1)[C@@H](O)C6)c1cc(O)c(O)c(O)c1. The molecule has 506 valence electrons. The molecule has 1 spiro atoms. The van der Waals surface area contributed by atoms with E-state index in [1.165, 1.54) is 0 Å². The Morgan fingerprint density at radius 3 is 1.63 bits per heavy atom. The van der Waals surface area contributed by atoms with Gasteiger partial charge in [-0.1, -0.05) is 0 Å². The number of aliphatic hydroxyl groups is 2. The van der Waals surface area contributed by atoms with E-state index in [2.05, 4.69) is 0 Å². The van der Waals surface area contributed by atoms with Crippen LogP contribution in [0.15, 0.2) is 60.4 Å². The lowest BCUT2D eigenvalue weighted by Crippen LogP contribution is -2.65. The highest BCUT2D eigenvalue weighted by Crippen LogP contribution is 2.67. The maximum absolute atomic E-state index is 15.7. The molecule has 0 aromatic heterocycles. The summed E-state index contributed by atoms with van der Waals surface area (Å²) in [5.74, 6) is -48.6. The Labute approximate surface area is 539 Å². The number of benzene rings is 7. The van der Waals surface area contributed by atoms with E-state index < -0.39 is 302 Å². The lowest BCUT2D eigenvalue weighted by atomic mass is 9.66. The van der Waals surface area contributed by atoms with Crippen molar-refractivity contribution in [1.29, 1.82) is 0 Å². The van der Waals surface area contributed by atoms with Crippen LogP contribution >= 0.6 is 0 Å². The largest absolute Gasteiger partial charge is 0.507 e. The molecule has 6 aliphatic rings. The number of hydrogen-bond acceptors (Lipinski definition) is 35. The monoisotopic (exact) mass is 1360 g/mol. The first-order valence-electron chi connectivity index (χ1n) is 27.9. The molecule has 98 heavy (non-hydrogen) atoms. The summed E-state index contributed by atoms with van der Waals surface area (Å²) < 4.78 is 48.0. The van der Waals surface area contributed by atoms with Crippen molar-refractivity contribution in [3.8, 4) is 138 Å². The summed E-state index contributed by atoms with van der Waals surface area (Å²) in [5, 5.41) is 231. The number of hydrogen-bond donors (Lipinski definition) is 21. The molecule has 0 amide bonds. The zero-order valence-electron chi connectivity index (χ0n) is 48.2. The van der Waals surface area contributed by atoms with Crippen LogP contribution in [-0.4, -0.2) is 192 Å². The molecule has 7 aromatic rings. The molecule has 1 saturated heterocycles. The average molecular weight is 1360 g/mol. The number of aliphatic hydroxyl groups excluding tert-OH is 2. The molecular formula is C62H42O36. The number of fused-ring (bicyclic) bond motifs is 8. The number of Topliss-reactive ketones (excluding diaryl/α,β-unsaturated/α-hetero) is 1. The highest BCUT2D eigenvalue weighted by atomic mass is 16.6. The minimum atomic E-state index is -3.21. The van der Waals surface area contributed by atoms with Crippen LogP contribution in [-0.2, 0) is 39.7 Å². The number of aromatic carboxylic acids is 1. The molecule has 4 bridgehead atoms.